The number of nitrogens with zero attached hydrogens (tertiary/aromatic N) is 3. The van der Waals surface area contributed by atoms with Gasteiger partial charge in [0.1, 0.15) is 5.25 Å². The summed E-state index contributed by atoms with van der Waals surface area (Å²) < 4.78 is 5.29. The molecule has 1 saturated heterocycles. The lowest BCUT2D eigenvalue weighted by Crippen LogP contribution is -2.50. The molecule has 1 fully saturated rings. The third kappa shape index (κ3) is 4.40. The number of amides is 1. The summed E-state index contributed by atoms with van der Waals surface area (Å²) in [5.74, 6) is -0.554. The molecule has 156 valence electrons. The Balaban J connectivity index is 1.23. The minimum absolute atomic E-state index is 0.0536. The fourth-order valence-corrected chi connectivity index (χ4v) is 4.82. The van der Waals surface area contributed by atoms with Gasteiger partial charge >= 0.3 is 5.97 Å². The summed E-state index contributed by atoms with van der Waals surface area (Å²) >= 11 is 1.48. The zero-order valence-corrected chi connectivity index (χ0v) is 17.0. The topological polar surface area (TPSA) is 93.0 Å². The number of esters is 1. The molecule has 1 amide bonds. The molecule has 9 heteroatoms. The number of hydrogen-bond acceptors (Lipinski definition) is 7. The van der Waals surface area contributed by atoms with Gasteiger partial charge in [-0.3, -0.25) is 19.7 Å². The van der Waals surface area contributed by atoms with Crippen LogP contribution >= 0.6 is 11.8 Å². The van der Waals surface area contributed by atoms with Gasteiger partial charge < -0.3 is 14.5 Å². The highest BCUT2D eigenvalue weighted by atomic mass is 32.2. The third-order valence-corrected chi connectivity index (χ3v) is 6.60. The molecule has 8 nitrogen and oxygen atoms in total. The highest BCUT2D eigenvalue weighted by Gasteiger charge is 2.30. The smallest absolute Gasteiger partial charge is 0.320 e. The maximum atomic E-state index is 12.4. The lowest BCUT2D eigenvalue weighted by molar-refractivity contribution is -0.384. The van der Waals surface area contributed by atoms with Gasteiger partial charge in [0.2, 0.25) is 0 Å². The summed E-state index contributed by atoms with van der Waals surface area (Å²) in [6, 6.07) is 14.3. The van der Waals surface area contributed by atoms with Gasteiger partial charge in [0.15, 0.2) is 6.61 Å². The number of thioether (sulfide) groups is 1. The van der Waals surface area contributed by atoms with Gasteiger partial charge in [0, 0.05) is 48.9 Å². The highest BCUT2D eigenvalue weighted by molar-refractivity contribution is 8.01. The number of hydrogen-bond donors (Lipinski definition) is 0. The number of ether oxygens (including phenoxy) is 1. The molecular formula is C21H21N3O5S. The van der Waals surface area contributed by atoms with Crippen LogP contribution in [0, 0.1) is 10.1 Å². The van der Waals surface area contributed by atoms with E-state index in [-0.39, 0.29) is 29.4 Å². The van der Waals surface area contributed by atoms with Crippen LogP contribution in [0.4, 0.5) is 11.4 Å². The first-order valence-corrected chi connectivity index (χ1v) is 10.6. The summed E-state index contributed by atoms with van der Waals surface area (Å²) in [5, 5.41) is 10.5. The average Bonchev–Trinajstić information content (AvgIpc) is 3.22. The van der Waals surface area contributed by atoms with Crippen LogP contribution in [0.25, 0.3) is 0 Å². The molecular weight excluding hydrogens is 406 g/mol. The van der Waals surface area contributed by atoms with Crippen molar-refractivity contribution in [3.63, 3.8) is 0 Å². The molecule has 1 atom stereocenters. The van der Waals surface area contributed by atoms with Crippen molar-refractivity contribution in [2.24, 2.45) is 0 Å². The Morgan fingerprint density at radius 2 is 1.77 bits per heavy atom. The first kappa shape index (κ1) is 20.2. The third-order valence-electron chi connectivity index (χ3n) is 5.31. The number of carbonyl (C=O) groups excluding carboxylic acids is 2. The highest BCUT2D eigenvalue weighted by Crippen LogP contribution is 2.37. The molecule has 0 radical (unpaired) electrons. The molecule has 4 rings (SSSR count). The number of anilines is 1. The standard InChI is InChI=1S/C21H21N3O5S/c25-20(14-29-21(26)19-13-15-3-1-2-4-18(15)30-19)23-11-9-22(10-12-23)16-5-7-17(8-6-16)24(27)28/h1-8,19H,9-14H2. The molecule has 0 aromatic heterocycles. The maximum Gasteiger partial charge on any atom is 0.320 e. The number of nitro benzene ring substituents is 1. The summed E-state index contributed by atoms with van der Waals surface area (Å²) in [4.78, 5) is 40.0. The van der Waals surface area contributed by atoms with Crippen molar-refractivity contribution in [2.45, 2.75) is 16.6 Å². The Morgan fingerprint density at radius 1 is 1.07 bits per heavy atom. The van der Waals surface area contributed by atoms with E-state index in [1.807, 2.05) is 24.3 Å². The zero-order chi connectivity index (χ0) is 21.1. The molecule has 0 bridgehead atoms. The van der Waals surface area contributed by atoms with Gasteiger partial charge in [-0.25, -0.2) is 0 Å². The summed E-state index contributed by atoms with van der Waals surface area (Å²) in [6.45, 7) is 2.01. The predicted octanol–water partition coefficient (Wildman–Crippen LogP) is 2.50. The molecule has 0 spiro atoms. The van der Waals surface area contributed by atoms with Gasteiger partial charge in [-0.05, 0) is 30.2 Å². The normalized spacial score (nSPS) is 18.1. The number of carbonyl (C=O) groups is 2. The van der Waals surface area contributed by atoms with E-state index in [0.717, 1.165) is 16.1 Å². The van der Waals surface area contributed by atoms with Crippen LogP contribution in [0.15, 0.2) is 53.4 Å². The van der Waals surface area contributed by atoms with Crippen LogP contribution in [0.3, 0.4) is 0 Å². The van der Waals surface area contributed by atoms with E-state index in [1.165, 1.54) is 23.9 Å². The van der Waals surface area contributed by atoms with Crippen molar-refractivity contribution in [1.82, 2.24) is 4.90 Å². The number of nitro groups is 1. The number of fused-ring (bicyclic) bond motifs is 1. The summed E-state index contributed by atoms with van der Waals surface area (Å²) in [5.41, 5.74) is 2.08. The minimum Gasteiger partial charge on any atom is -0.455 e. The van der Waals surface area contributed by atoms with Crippen molar-refractivity contribution in [2.75, 3.05) is 37.7 Å². The van der Waals surface area contributed by atoms with Gasteiger partial charge in [-0.1, -0.05) is 18.2 Å². The fraction of sp³-hybridized carbons (Fsp3) is 0.333. The molecule has 2 aliphatic rings. The fourth-order valence-electron chi connectivity index (χ4n) is 3.63. The van der Waals surface area contributed by atoms with Crippen LogP contribution in [0.1, 0.15) is 5.56 Å². The van der Waals surface area contributed by atoms with E-state index in [0.29, 0.717) is 32.6 Å². The molecule has 0 N–H and O–H groups in total. The maximum absolute atomic E-state index is 12.4. The van der Waals surface area contributed by atoms with Crippen LogP contribution in [0.2, 0.25) is 0 Å². The molecule has 2 heterocycles. The van der Waals surface area contributed by atoms with Crippen molar-refractivity contribution in [1.29, 1.82) is 0 Å². The number of non-ortho nitro benzene ring substituents is 1. The van der Waals surface area contributed by atoms with E-state index < -0.39 is 4.92 Å². The van der Waals surface area contributed by atoms with Crippen molar-refractivity contribution in [3.05, 3.63) is 64.2 Å². The molecule has 2 aliphatic heterocycles. The Morgan fingerprint density at radius 3 is 2.43 bits per heavy atom. The van der Waals surface area contributed by atoms with Crippen molar-refractivity contribution in [3.8, 4) is 0 Å². The SMILES string of the molecule is O=C(OCC(=O)N1CCN(c2ccc([N+](=O)[O-])cc2)CC1)C1Cc2ccccc2S1. The first-order valence-electron chi connectivity index (χ1n) is 9.69. The number of piperazine rings is 1. The van der Waals surface area contributed by atoms with Crippen molar-refractivity contribution < 1.29 is 19.2 Å². The Bertz CT molecular complexity index is 932. The van der Waals surface area contributed by atoms with Crippen LogP contribution in [-0.4, -0.2) is 59.7 Å². The predicted molar refractivity (Wildman–Crippen MR) is 113 cm³/mol. The lowest BCUT2D eigenvalue weighted by Gasteiger charge is -2.36. The largest absolute Gasteiger partial charge is 0.455 e. The monoisotopic (exact) mass is 427 g/mol. The number of benzene rings is 2. The van der Waals surface area contributed by atoms with Gasteiger partial charge in [-0.2, -0.15) is 0 Å². The zero-order valence-electron chi connectivity index (χ0n) is 16.2. The Kier molecular flexibility index (Phi) is 5.89. The molecule has 2 aromatic carbocycles. The van der Waals surface area contributed by atoms with Crippen molar-refractivity contribution >= 4 is 35.0 Å². The summed E-state index contributed by atoms with van der Waals surface area (Å²) in [6.07, 6.45) is 0.627. The Labute approximate surface area is 177 Å². The second kappa shape index (κ2) is 8.74. The molecule has 30 heavy (non-hydrogen) atoms. The first-order chi connectivity index (χ1) is 14.5. The molecule has 1 unspecified atom stereocenters. The second-order valence-corrected chi connectivity index (χ2v) is 8.41. The van der Waals surface area contributed by atoms with E-state index in [1.54, 1.807) is 17.0 Å². The summed E-state index contributed by atoms with van der Waals surface area (Å²) in [7, 11) is 0. The van der Waals surface area contributed by atoms with E-state index in [4.69, 9.17) is 4.74 Å². The minimum atomic E-state index is -0.426. The van der Waals surface area contributed by atoms with Gasteiger partial charge in [0.05, 0.1) is 4.92 Å². The average molecular weight is 427 g/mol. The molecule has 0 saturated carbocycles. The van der Waals surface area contributed by atoms with E-state index in [9.17, 15) is 19.7 Å². The second-order valence-electron chi connectivity index (χ2n) is 7.17. The lowest BCUT2D eigenvalue weighted by atomic mass is 10.1. The van der Waals surface area contributed by atoms with Crippen LogP contribution in [-0.2, 0) is 20.7 Å². The van der Waals surface area contributed by atoms with E-state index in [2.05, 4.69) is 4.90 Å². The number of rotatable bonds is 5. The van der Waals surface area contributed by atoms with E-state index >= 15 is 0 Å². The molecule has 2 aromatic rings. The van der Waals surface area contributed by atoms with Crippen LogP contribution < -0.4 is 4.90 Å². The van der Waals surface area contributed by atoms with Gasteiger partial charge in [0.25, 0.3) is 11.6 Å². The molecule has 0 aliphatic carbocycles. The quantitative estimate of drug-likeness (QED) is 0.411. The van der Waals surface area contributed by atoms with Crippen LogP contribution in [0.5, 0.6) is 0 Å². The Hall–Kier alpha value is -3.07. The van der Waals surface area contributed by atoms with Gasteiger partial charge in [-0.15, -0.1) is 11.8 Å².